The number of nitrogen functional groups attached to an aromatic ring is 1. The normalized spacial score (nSPS) is 34.0. The number of amides is 1. The molecule has 20 nitrogen and oxygen atoms in total. The quantitative estimate of drug-likeness (QED) is 0.0804. The number of anilines is 1. The SMILES string of the molecule is CC(=O)NC1C(O)CC(OP(=O)([O-])OCC2OC(n3ccc(N)nc3=O)C(O)C2O)(C(=O)O)OC1C(O)C(O)CO.[Na+]. The van der Waals surface area contributed by atoms with Crippen LogP contribution >= 0.6 is 7.82 Å². The van der Waals surface area contributed by atoms with Crippen molar-refractivity contribution in [2.75, 3.05) is 18.9 Å². The van der Waals surface area contributed by atoms with Gasteiger partial charge in [-0.2, -0.15) is 4.98 Å². The molecule has 2 aliphatic heterocycles. The zero-order valence-corrected chi connectivity index (χ0v) is 25.1. The molecule has 42 heavy (non-hydrogen) atoms. The van der Waals surface area contributed by atoms with E-state index in [4.69, 9.17) is 15.2 Å². The van der Waals surface area contributed by atoms with E-state index in [1.165, 1.54) is 6.07 Å². The zero-order chi connectivity index (χ0) is 30.9. The predicted octanol–water partition coefficient (Wildman–Crippen LogP) is -8.90. The van der Waals surface area contributed by atoms with Gasteiger partial charge >= 0.3 is 41.2 Å². The maximum atomic E-state index is 12.7. The van der Waals surface area contributed by atoms with Crippen molar-refractivity contribution < 1.29 is 103 Å². The molecule has 11 atom stereocenters. The first-order chi connectivity index (χ1) is 19.0. The number of carbonyl (C=O) groups is 2. The van der Waals surface area contributed by atoms with Crippen LogP contribution in [0.2, 0.25) is 0 Å². The van der Waals surface area contributed by atoms with Crippen LogP contribution in [0.3, 0.4) is 0 Å². The Morgan fingerprint density at radius 1 is 1.33 bits per heavy atom. The van der Waals surface area contributed by atoms with Gasteiger partial charge in [0.15, 0.2) is 6.23 Å². The molecule has 0 aliphatic carbocycles. The first kappa shape index (κ1) is 36.6. The molecule has 3 rings (SSSR count). The van der Waals surface area contributed by atoms with Crippen molar-refractivity contribution in [2.45, 2.75) is 74.1 Å². The monoisotopic (exact) mass is 636 g/mol. The van der Waals surface area contributed by atoms with E-state index in [9.17, 15) is 59.6 Å². The standard InChI is InChI=1S/C20H31N4O16P.Na/c1-7(26)22-12-8(27)4-20(18(32)33,39-16(12)13(29)9(28)5-25)40-41(35,36)37-6-10-14(30)15(31)17(38-10)24-3-2-11(21)23-19(24)34;/h2-3,8-10,12-17,25,27-31H,4-6H2,1H3,(H,22,26)(H,32,33)(H,35,36)(H2,21,23,34);/q;+1/p-1. The fourth-order valence-electron chi connectivity index (χ4n) is 4.31. The second-order valence-corrected chi connectivity index (χ2v) is 10.6. The van der Waals surface area contributed by atoms with Gasteiger partial charge in [0.2, 0.25) is 5.91 Å². The van der Waals surface area contributed by atoms with Gasteiger partial charge in [-0.15, -0.1) is 0 Å². The summed E-state index contributed by atoms with van der Waals surface area (Å²) >= 11 is 0. The van der Waals surface area contributed by atoms with Crippen molar-refractivity contribution in [1.82, 2.24) is 14.9 Å². The third-order valence-corrected chi connectivity index (χ3v) is 7.29. The molecule has 2 saturated heterocycles. The molecule has 0 radical (unpaired) electrons. The van der Waals surface area contributed by atoms with E-state index in [1.54, 1.807) is 0 Å². The van der Waals surface area contributed by atoms with Gasteiger partial charge in [0, 0.05) is 19.5 Å². The van der Waals surface area contributed by atoms with Crippen LogP contribution in [0.5, 0.6) is 0 Å². The number of phosphoric ester groups is 1. The molecule has 0 saturated carbocycles. The Balaban J connectivity index is 0.00000616. The number of phosphoric acid groups is 1. The maximum absolute atomic E-state index is 12.7. The zero-order valence-electron chi connectivity index (χ0n) is 22.2. The second-order valence-electron chi connectivity index (χ2n) is 9.30. The summed E-state index contributed by atoms with van der Waals surface area (Å²) in [6, 6.07) is -0.393. The molecule has 0 bridgehead atoms. The van der Waals surface area contributed by atoms with E-state index in [1.807, 2.05) is 0 Å². The third-order valence-electron chi connectivity index (χ3n) is 6.31. The first-order valence-corrected chi connectivity index (χ1v) is 13.3. The van der Waals surface area contributed by atoms with Crippen molar-refractivity contribution in [3.63, 3.8) is 0 Å². The molecule has 1 aromatic rings. The summed E-state index contributed by atoms with van der Waals surface area (Å²) in [5.74, 6) is -6.32. The van der Waals surface area contributed by atoms with Gasteiger partial charge in [0.05, 0.1) is 25.4 Å². The summed E-state index contributed by atoms with van der Waals surface area (Å²) in [5.41, 5.74) is 4.44. The molecule has 11 unspecified atom stereocenters. The van der Waals surface area contributed by atoms with Gasteiger partial charge in [-0.3, -0.25) is 18.5 Å². The fourth-order valence-corrected chi connectivity index (χ4v) is 5.25. The van der Waals surface area contributed by atoms with Crippen LogP contribution in [0.25, 0.3) is 0 Å². The number of ether oxygens (including phenoxy) is 2. The number of aliphatic carboxylic acids is 1. The Bertz CT molecular complexity index is 1220. The van der Waals surface area contributed by atoms with Gasteiger partial charge in [-0.1, -0.05) is 0 Å². The molecule has 232 valence electrons. The van der Waals surface area contributed by atoms with Crippen LogP contribution in [0.4, 0.5) is 5.82 Å². The minimum absolute atomic E-state index is 0. The summed E-state index contributed by atoms with van der Waals surface area (Å²) in [6.45, 7) is -1.13. The molecule has 1 aromatic heterocycles. The summed E-state index contributed by atoms with van der Waals surface area (Å²) in [4.78, 5) is 51.9. The van der Waals surface area contributed by atoms with E-state index in [0.717, 1.165) is 17.7 Å². The number of carbonyl (C=O) groups excluding carboxylic acids is 1. The number of carboxylic acid groups (broad SMARTS) is 1. The molecule has 10 N–H and O–H groups in total. The Morgan fingerprint density at radius 2 is 1.98 bits per heavy atom. The third kappa shape index (κ3) is 8.11. The molecule has 3 heterocycles. The van der Waals surface area contributed by atoms with E-state index in [2.05, 4.69) is 19.3 Å². The van der Waals surface area contributed by atoms with E-state index in [0.29, 0.717) is 0 Å². The van der Waals surface area contributed by atoms with Crippen molar-refractivity contribution in [2.24, 2.45) is 0 Å². The minimum Gasteiger partial charge on any atom is -0.756 e. The Kier molecular flexibility index (Phi) is 12.6. The average molecular weight is 636 g/mol. The van der Waals surface area contributed by atoms with Gasteiger partial charge in [0.25, 0.3) is 13.6 Å². The van der Waals surface area contributed by atoms with Crippen molar-refractivity contribution >= 4 is 25.5 Å². The number of aromatic nitrogens is 2. The molecule has 0 aromatic carbocycles. The molecule has 1 amide bonds. The number of nitrogens with two attached hydrogens (primary N) is 1. The number of nitrogens with zero attached hydrogens (tertiary/aromatic N) is 2. The van der Waals surface area contributed by atoms with Crippen LogP contribution in [-0.2, 0) is 32.7 Å². The topological polar surface area (TPSA) is 326 Å². The van der Waals surface area contributed by atoms with Crippen LogP contribution in [-0.4, -0.2) is 125 Å². The summed E-state index contributed by atoms with van der Waals surface area (Å²) < 4.78 is 33.3. The maximum Gasteiger partial charge on any atom is 1.00 e. The molecule has 2 fully saturated rings. The molecule has 2 aliphatic rings. The fraction of sp³-hybridized carbons (Fsp3) is 0.700. The Hall–Kier alpha value is -1.59. The number of carboxylic acids is 1. The summed E-state index contributed by atoms with van der Waals surface area (Å²) in [7, 11) is -5.77. The summed E-state index contributed by atoms with van der Waals surface area (Å²) in [5, 5.41) is 72.5. The van der Waals surface area contributed by atoms with Crippen LogP contribution in [0.15, 0.2) is 17.1 Å². The van der Waals surface area contributed by atoms with Crippen molar-refractivity contribution in [3.05, 3.63) is 22.7 Å². The first-order valence-electron chi connectivity index (χ1n) is 11.9. The number of aliphatic hydroxyl groups is 6. The number of aliphatic hydroxyl groups excluding tert-OH is 6. The van der Waals surface area contributed by atoms with Crippen LogP contribution in [0.1, 0.15) is 19.6 Å². The predicted molar refractivity (Wildman–Crippen MR) is 126 cm³/mol. The van der Waals surface area contributed by atoms with E-state index < -0.39 is 106 Å². The smallest absolute Gasteiger partial charge is 0.756 e. The molecular formula is C20H30N4NaO16P. The molecule has 22 heteroatoms. The van der Waals surface area contributed by atoms with Crippen LogP contribution < -0.4 is 51.2 Å². The number of hydrogen-bond acceptors (Lipinski definition) is 17. The minimum atomic E-state index is -5.77. The van der Waals surface area contributed by atoms with E-state index in [-0.39, 0.29) is 35.4 Å². The number of nitrogens with one attached hydrogen (secondary N) is 1. The Labute approximate surface area is 258 Å². The van der Waals surface area contributed by atoms with Gasteiger partial charge in [-0.25, -0.2) is 9.59 Å². The number of rotatable bonds is 11. The largest absolute Gasteiger partial charge is 1.00 e. The average Bonchev–Trinajstić information content (AvgIpc) is 3.16. The summed E-state index contributed by atoms with van der Waals surface area (Å²) in [6.07, 6.45) is -14.9. The molecule has 0 spiro atoms. The Morgan fingerprint density at radius 3 is 2.52 bits per heavy atom. The second kappa shape index (κ2) is 14.5. The number of hydrogen-bond donors (Lipinski definition) is 9. The van der Waals surface area contributed by atoms with Crippen LogP contribution in [0, 0.1) is 0 Å². The molecular weight excluding hydrogens is 606 g/mol. The van der Waals surface area contributed by atoms with Gasteiger partial charge in [-0.05, 0) is 6.07 Å². The van der Waals surface area contributed by atoms with E-state index >= 15 is 0 Å². The van der Waals surface area contributed by atoms with Crippen molar-refractivity contribution in [3.8, 4) is 0 Å². The van der Waals surface area contributed by atoms with Gasteiger partial charge in [0.1, 0.15) is 42.4 Å². The van der Waals surface area contributed by atoms with Crippen molar-refractivity contribution in [1.29, 1.82) is 0 Å². The van der Waals surface area contributed by atoms with Gasteiger partial charge < -0.3 is 65.7 Å².